The first-order valence-corrected chi connectivity index (χ1v) is 5.78. The highest BCUT2D eigenvalue weighted by Gasteiger charge is 2.16. The summed E-state index contributed by atoms with van der Waals surface area (Å²) in [6.07, 6.45) is 4.11. The highest BCUT2D eigenvalue weighted by atomic mass is 79.9. The predicted molar refractivity (Wildman–Crippen MR) is 60.3 cm³/mol. The Morgan fingerprint density at radius 3 is 2.86 bits per heavy atom. The molecule has 76 valence electrons. The van der Waals surface area contributed by atoms with E-state index in [1.54, 1.807) is 0 Å². The molecule has 0 aliphatic heterocycles. The van der Waals surface area contributed by atoms with Gasteiger partial charge in [-0.25, -0.2) is 9.97 Å². The fraction of sp³-hybridized carbons (Fsp3) is 0.600. The van der Waals surface area contributed by atoms with Crippen molar-refractivity contribution in [1.29, 1.82) is 0 Å². The number of anilines is 1. The van der Waals surface area contributed by atoms with Crippen molar-refractivity contribution in [3.63, 3.8) is 0 Å². The molecule has 1 N–H and O–H groups in total. The van der Waals surface area contributed by atoms with Gasteiger partial charge in [0, 0.05) is 12.6 Å². The summed E-state index contributed by atoms with van der Waals surface area (Å²) >= 11 is 3.36. The van der Waals surface area contributed by atoms with Gasteiger partial charge in [-0.05, 0) is 41.6 Å². The molecule has 4 heteroatoms. The Bertz CT molecular complexity index is 303. The summed E-state index contributed by atoms with van der Waals surface area (Å²) in [4.78, 5) is 8.47. The lowest BCUT2D eigenvalue weighted by Crippen LogP contribution is -2.21. The third-order valence-corrected chi connectivity index (χ3v) is 3.01. The van der Waals surface area contributed by atoms with Gasteiger partial charge < -0.3 is 5.32 Å². The van der Waals surface area contributed by atoms with Crippen LogP contribution in [0, 0.1) is 12.8 Å². The minimum Gasteiger partial charge on any atom is -0.370 e. The Hall–Kier alpha value is -0.640. The van der Waals surface area contributed by atoms with Gasteiger partial charge in [0.2, 0.25) is 0 Å². The SMILES string of the molecule is Cc1nc(Br)cc(NCC2CCC2)n1. The fourth-order valence-electron chi connectivity index (χ4n) is 1.57. The van der Waals surface area contributed by atoms with Gasteiger partial charge in [0.25, 0.3) is 0 Å². The molecule has 3 nitrogen and oxygen atoms in total. The fourth-order valence-corrected chi connectivity index (χ4v) is 2.04. The van der Waals surface area contributed by atoms with Crippen LogP contribution in [0.3, 0.4) is 0 Å². The van der Waals surface area contributed by atoms with Crippen LogP contribution in [0.15, 0.2) is 10.7 Å². The highest BCUT2D eigenvalue weighted by molar-refractivity contribution is 9.10. The third kappa shape index (κ3) is 2.44. The standard InChI is InChI=1S/C10H14BrN3/c1-7-13-9(11)5-10(14-7)12-6-8-3-2-4-8/h5,8H,2-4,6H2,1H3,(H,12,13,14). The summed E-state index contributed by atoms with van der Waals surface area (Å²) < 4.78 is 0.848. The van der Waals surface area contributed by atoms with Crippen molar-refractivity contribution in [1.82, 2.24) is 9.97 Å². The predicted octanol–water partition coefficient (Wildman–Crippen LogP) is 2.76. The van der Waals surface area contributed by atoms with Gasteiger partial charge in [0.1, 0.15) is 16.2 Å². The molecule has 1 aromatic heterocycles. The van der Waals surface area contributed by atoms with Crippen LogP contribution in [0.4, 0.5) is 5.82 Å². The first-order valence-electron chi connectivity index (χ1n) is 4.99. The lowest BCUT2D eigenvalue weighted by atomic mass is 9.85. The van der Waals surface area contributed by atoms with Crippen molar-refractivity contribution >= 4 is 21.7 Å². The Balaban J connectivity index is 1.94. The van der Waals surface area contributed by atoms with Crippen molar-refractivity contribution in [3.8, 4) is 0 Å². The summed E-state index contributed by atoms with van der Waals surface area (Å²) in [5.74, 6) is 2.58. The van der Waals surface area contributed by atoms with Gasteiger partial charge in [0.05, 0.1) is 0 Å². The van der Waals surface area contributed by atoms with E-state index in [1.165, 1.54) is 19.3 Å². The summed E-state index contributed by atoms with van der Waals surface area (Å²) in [5, 5.41) is 3.35. The first-order chi connectivity index (χ1) is 6.74. The van der Waals surface area contributed by atoms with Crippen LogP contribution in [0.2, 0.25) is 0 Å². The lowest BCUT2D eigenvalue weighted by molar-refractivity contribution is 0.333. The molecule has 14 heavy (non-hydrogen) atoms. The highest BCUT2D eigenvalue weighted by Crippen LogP contribution is 2.26. The molecule has 2 rings (SSSR count). The van der Waals surface area contributed by atoms with E-state index in [-0.39, 0.29) is 0 Å². The van der Waals surface area contributed by atoms with Crippen LogP contribution in [-0.2, 0) is 0 Å². The maximum atomic E-state index is 4.31. The number of nitrogens with one attached hydrogen (secondary N) is 1. The summed E-state index contributed by atoms with van der Waals surface area (Å²) in [6, 6.07) is 1.92. The van der Waals surface area contributed by atoms with Crippen LogP contribution in [-0.4, -0.2) is 16.5 Å². The summed E-state index contributed by atoms with van der Waals surface area (Å²) in [6.45, 7) is 2.95. The second-order valence-corrected chi connectivity index (χ2v) is 4.61. The molecule has 0 amide bonds. The molecule has 0 radical (unpaired) electrons. The van der Waals surface area contributed by atoms with Crippen LogP contribution >= 0.6 is 15.9 Å². The van der Waals surface area contributed by atoms with E-state index < -0.39 is 0 Å². The molecule has 0 unspecified atom stereocenters. The van der Waals surface area contributed by atoms with Gasteiger partial charge >= 0.3 is 0 Å². The number of aromatic nitrogens is 2. The summed E-state index contributed by atoms with van der Waals surface area (Å²) in [5.41, 5.74) is 0. The van der Waals surface area contributed by atoms with Gasteiger partial charge in [-0.3, -0.25) is 0 Å². The molecule has 0 spiro atoms. The van der Waals surface area contributed by atoms with E-state index in [9.17, 15) is 0 Å². The maximum absolute atomic E-state index is 4.31. The quantitative estimate of drug-likeness (QED) is 0.845. The van der Waals surface area contributed by atoms with Crippen molar-refractivity contribution in [2.45, 2.75) is 26.2 Å². The molecule has 1 aliphatic rings. The van der Waals surface area contributed by atoms with Gasteiger partial charge in [0.15, 0.2) is 0 Å². The minimum atomic E-state index is 0.801. The Labute approximate surface area is 92.5 Å². The van der Waals surface area contributed by atoms with Crippen molar-refractivity contribution < 1.29 is 0 Å². The number of hydrogen-bond donors (Lipinski definition) is 1. The number of nitrogens with zero attached hydrogens (tertiary/aromatic N) is 2. The molecular formula is C10H14BrN3. The van der Waals surface area contributed by atoms with Gasteiger partial charge in [-0.15, -0.1) is 0 Å². The number of hydrogen-bond acceptors (Lipinski definition) is 3. The van der Waals surface area contributed by atoms with Crippen LogP contribution in [0.5, 0.6) is 0 Å². The lowest BCUT2D eigenvalue weighted by Gasteiger charge is -2.25. The number of aryl methyl sites for hydroxylation is 1. The van der Waals surface area contributed by atoms with Crippen LogP contribution in [0.25, 0.3) is 0 Å². The molecule has 1 saturated carbocycles. The molecule has 0 aromatic carbocycles. The molecule has 1 heterocycles. The van der Waals surface area contributed by atoms with Crippen molar-refractivity contribution in [2.75, 3.05) is 11.9 Å². The molecular weight excluding hydrogens is 242 g/mol. The second-order valence-electron chi connectivity index (χ2n) is 3.80. The Morgan fingerprint density at radius 1 is 1.50 bits per heavy atom. The zero-order valence-corrected chi connectivity index (χ0v) is 9.84. The normalized spacial score (nSPS) is 16.4. The van der Waals surface area contributed by atoms with E-state index in [0.29, 0.717) is 0 Å². The van der Waals surface area contributed by atoms with Gasteiger partial charge in [-0.1, -0.05) is 6.42 Å². The Kier molecular flexibility index (Phi) is 3.01. The number of halogens is 1. The monoisotopic (exact) mass is 255 g/mol. The molecule has 1 aromatic rings. The Morgan fingerprint density at radius 2 is 2.29 bits per heavy atom. The molecule has 0 saturated heterocycles. The average Bonchev–Trinajstić information content (AvgIpc) is 1.99. The van der Waals surface area contributed by atoms with Crippen LogP contribution < -0.4 is 5.32 Å². The van der Waals surface area contributed by atoms with E-state index in [1.807, 2.05) is 13.0 Å². The van der Waals surface area contributed by atoms with Crippen molar-refractivity contribution in [3.05, 3.63) is 16.5 Å². The zero-order chi connectivity index (χ0) is 9.97. The summed E-state index contributed by atoms with van der Waals surface area (Å²) in [7, 11) is 0. The average molecular weight is 256 g/mol. The largest absolute Gasteiger partial charge is 0.370 e. The topological polar surface area (TPSA) is 37.8 Å². The van der Waals surface area contributed by atoms with Crippen LogP contribution in [0.1, 0.15) is 25.1 Å². The second kappa shape index (κ2) is 4.26. The van der Waals surface area contributed by atoms with Gasteiger partial charge in [-0.2, -0.15) is 0 Å². The maximum Gasteiger partial charge on any atom is 0.130 e. The third-order valence-electron chi connectivity index (χ3n) is 2.60. The molecule has 1 fully saturated rings. The minimum absolute atomic E-state index is 0.801. The van der Waals surface area contributed by atoms with Crippen molar-refractivity contribution in [2.24, 2.45) is 5.92 Å². The van der Waals surface area contributed by atoms with E-state index in [0.717, 1.165) is 28.7 Å². The van der Waals surface area contributed by atoms with E-state index >= 15 is 0 Å². The zero-order valence-electron chi connectivity index (χ0n) is 8.26. The van der Waals surface area contributed by atoms with E-state index in [2.05, 4.69) is 31.2 Å². The van der Waals surface area contributed by atoms with E-state index in [4.69, 9.17) is 0 Å². The first kappa shape index (κ1) is 9.90. The molecule has 1 aliphatic carbocycles. The molecule has 0 bridgehead atoms. The number of rotatable bonds is 3. The molecule has 0 atom stereocenters. The smallest absolute Gasteiger partial charge is 0.130 e.